The van der Waals surface area contributed by atoms with Crippen molar-refractivity contribution in [3.63, 3.8) is 0 Å². The number of carbonyl (C=O) groups is 3. The van der Waals surface area contributed by atoms with Crippen molar-refractivity contribution in [2.45, 2.75) is 31.8 Å². The van der Waals surface area contributed by atoms with Gasteiger partial charge < -0.3 is 21.5 Å². The van der Waals surface area contributed by atoms with Crippen LogP contribution in [0.25, 0.3) is 0 Å². The number of carboxylic acids is 1. The first kappa shape index (κ1) is 17.4. The highest BCUT2D eigenvalue weighted by molar-refractivity contribution is 7.84. The molecule has 110 valence electrons. The highest BCUT2D eigenvalue weighted by Gasteiger charge is 2.21. The molecule has 0 rings (SSSR count). The fourth-order valence-electron chi connectivity index (χ4n) is 1.36. The van der Waals surface area contributed by atoms with Gasteiger partial charge >= 0.3 is 12.0 Å². The van der Waals surface area contributed by atoms with Crippen LogP contribution in [0.1, 0.15) is 19.8 Å². The first-order chi connectivity index (χ1) is 8.72. The van der Waals surface area contributed by atoms with Crippen LogP contribution in [0.3, 0.4) is 0 Å². The van der Waals surface area contributed by atoms with Crippen LogP contribution >= 0.6 is 0 Å². The van der Waals surface area contributed by atoms with Gasteiger partial charge in [-0.25, -0.2) is 9.59 Å². The monoisotopic (exact) mass is 293 g/mol. The summed E-state index contributed by atoms with van der Waals surface area (Å²) >= 11 is 0. The molecule has 0 aromatic rings. The summed E-state index contributed by atoms with van der Waals surface area (Å²) in [6.45, 7) is 1.65. The summed E-state index contributed by atoms with van der Waals surface area (Å²) in [6.07, 6.45) is 1.29. The van der Waals surface area contributed by atoms with Gasteiger partial charge in [-0.15, -0.1) is 0 Å². The Morgan fingerprint density at radius 2 is 1.89 bits per heavy atom. The Kier molecular flexibility index (Phi) is 7.73. The van der Waals surface area contributed by atoms with E-state index in [9.17, 15) is 18.6 Å². The van der Waals surface area contributed by atoms with E-state index in [1.165, 1.54) is 6.26 Å². The molecular formula is C10H19N3O5S. The van der Waals surface area contributed by atoms with Crippen molar-refractivity contribution in [2.75, 3.05) is 12.0 Å². The first-order valence-corrected chi connectivity index (χ1v) is 7.33. The average molecular weight is 293 g/mol. The number of carbonyl (C=O) groups excluding carboxylic acids is 2. The van der Waals surface area contributed by atoms with Crippen molar-refractivity contribution in [3.05, 3.63) is 0 Å². The van der Waals surface area contributed by atoms with Gasteiger partial charge in [0.05, 0.1) is 0 Å². The minimum Gasteiger partial charge on any atom is -0.480 e. The number of amides is 3. The van der Waals surface area contributed by atoms with E-state index in [1.807, 2.05) is 0 Å². The van der Waals surface area contributed by atoms with Crippen molar-refractivity contribution in [1.82, 2.24) is 10.6 Å². The minimum atomic E-state index is -1.25. The quantitative estimate of drug-likeness (QED) is 0.444. The summed E-state index contributed by atoms with van der Waals surface area (Å²) < 4.78 is 10.9. The summed E-state index contributed by atoms with van der Waals surface area (Å²) in [4.78, 5) is 32.9. The third kappa shape index (κ3) is 9.00. The lowest BCUT2D eigenvalue weighted by Crippen LogP contribution is -2.49. The van der Waals surface area contributed by atoms with Gasteiger partial charge in [-0.1, -0.05) is 0 Å². The fourth-order valence-corrected chi connectivity index (χ4v) is 2.15. The molecule has 0 aromatic heterocycles. The highest BCUT2D eigenvalue weighted by Crippen LogP contribution is 1.97. The number of nitrogens with one attached hydrogen (secondary N) is 2. The summed E-state index contributed by atoms with van der Waals surface area (Å²) in [5.41, 5.74) is 4.91. The molecule has 3 amide bonds. The Balaban J connectivity index is 4.27. The van der Waals surface area contributed by atoms with Crippen LogP contribution in [0.4, 0.5) is 4.79 Å². The van der Waals surface area contributed by atoms with E-state index in [4.69, 9.17) is 10.8 Å². The third-order valence-corrected chi connectivity index (χ3v) is 3.11. The predicted molar refractivity (Wildman–Crippen MR) is 69.9 cm³/mol. The molecule has 8 nitrogen and oxygen atoms in total. The number of urea groups is 1. The Bertz CT molecular complexity index is 374. The van der Waals surface area contributed by atoms with Crippen LogP contribution in [-0.4, -0.2) is 51.3 Å². The van der Waals surface area contributed by atoms with E-state index in [0.717, 1.165) is 0 Å². The van der Waals surface area contributed by atoms with Crippen LogP contribution < -0.4 is 16.4 Å². The molecule has 0 aliphatic rings. The highest BCUT2D eigenvalue weighted by atomic mass is 32.2. The van der Waals surface area contributed by atoms with Gasteiger partial charge in [0.15, 0.2) is 0 Å². The number of rotatable bonds is 8. The Morgan fingerprint density at radius 1 is 1.32 bits per heavy atom. The Hall–Kier alpha value is -1.64. The van der Waals surface area contributed by atoms with Gasteiger partial charge in [-0.3, -0.25) is 9.00 Å². The molecule has 0 heterocycles. The Labute approximate surface area is 113 Å². The van der Waals surface area contributed by atoms with Crippen LogP contribution in [0.2, 0.25) is 0 Å². The number of carboxylic acid groups (broad SMARTS) is 1. The molecule has 0 fully saturated rings. The lowest BCUT2D eigenvalue weighted by atomic mass is 10.1. The molecule has 0 aliphatic heterocycles. The molecule has 0 aromatic carbocycles. The number of primary amides is 1. The van der Waals surface area contributed by atoms with Gasteiger partial charge in [0, 0.05) is 35.3 Å². The second-order valence-corrected chi connectivity index (χ2v) is 5.63. The van der Waals surface area contributed by atoms with Crippen LogP contribution in [-0.2, 0) is 20.4 Å². The second kappa shape index (κ2) is 8.46. The molecule has 5 N–H and O–H groups in total. The molecule has 0 spiro atoms. The lowest BCUT2D eigenvalue weighted by molar-refractivity contribution is -0.139. The number of nitrogens with two attached hydrogens (primary N) is 1. The van der Waals surface area contributed by atoms with E-state index in [2.05, 4.69) is 10.6 Å². The van der Waals surface area contributed by atoms with Crippen molar-refractivity contribution in [3.8, 4) is 0 Å². The van der Waals surface area contributed by atoms with Gasteiger partial charge in [0.25, 0.3) is 0 Å². The zero-order valence-corrected chi connectivity index (χ0v) is 11.7. The van der Waals surface area contributed by atoms with Gasteiger partial charge in [-0.2, -0.15) is 0 Å². The summed E-state index contributed by atoms with van der Waals surface area (Å²) in [6, 6.07) is -2.22. The standard InChI is InChI=1S/C10H19N3O5S/c1-6(5-19(2)18)12-10(17)13-7(9(15)16)3-4-8(11)14/h6-7H,3-5H2,1-2H3,(H2,11,14)(H,15,16)(H2,12,13,17)/t6?,7-,19?/m0/s1. The molecule has 2 unspecified atom stereocenters. The van der Waals surface area contributed by atoms with Gasteiger partial charge in [0.1, 0.15) is 6.04 Å². The molecule has 0 saturated heterocycles. The van der Waals surface area contributed by atoms with E-state index >= 15 is 0 Å². The van der Waals surface area contributed by atoms with Crippen molar-refractivity contribution in [2.24, 2.45) is 5.73 Å². The maximum Gasteiger partial charge on any atom is 0.326 e. The maximum absolute atomic E-state index is 11.5. The molecule has 19 heavy (non-hydrogen) atoms. The zero-order valence-electron chi connectivity index (χ0n) is 10.8. The van der Waals surface area contributed by atoms with Crippen LogP contribution in [0.15, 0.2) is 0 Å². The fraction of sp³-hybridized carbons (Fsp3) is 0.700. The van der Waals surface area contributed by atoms with E-state index in [-0.39, 0.29) is 24.6 Å². The summed E-state index contributed by atoms with van der Waals surface area (Å²) in [5, 5.41) is 13.6. The van der Waals surface area contributed by atoms with Crippen molar-refractivity contribution >= 4 is 28.7 Å². The first-order valence-electron chi connectivity index (χ1n) is 5.60. The van der Waals surface area contributed by atoms with Crippen molar-refractivity contribution < 1.29 is 23.7 Å². The van der Waals surface area contributed by atoms with E-state index < -0.39 is 34.7 Å². The average Bonchev–Trinajstić information content (AvgIpc) is 2.21. The number of aliphatic carboxylic acids is 1. The van der Waals surface area contributed by atoms with E-state index in [1.54, 1.807) is 6.92 Å². The van der Waals surface area contributed by atoms with Crippen LogP contribution in [0.5, 0.6) is 0 Å². The summed E-state index contributed by atoms with van der Waals surface area (Å²) in [5.74, 6) is -1.61. The minimum absolute atomic E-state index is 0.0772. The number of hydrogen-bond donors (Lipinski definition) is 4. The second-order valence-electron chi connectivity index (χ2n) is 4.15. The van der Waals surface area contributed by atoms with Gasteiger partial charge in [-0.05, 0) is 13.3 Å². The molecule has 0 aliphatic carbocycles. The molecule has 3 atom stereocenters. The molecule has 0 saturated carbocycles. The van der Waals surface area contributed by atoms with Crippen LogP contribution in [0, 0.1) is 0 Å². The predicted octanol–water partition coefficient (Wildman–Crippen LogP) is -1.23. The van der Waals surface area contributed by atoms with Gasteiger partial charge in [0.2, 0.25) is 5.91 Å². The molecule has 0 radical (unpaired) electrons. The SMILES string of the molecule is CC(CS(C)=O)NC(=O)N[C@@H](CCC(N)=O)C(=O)O. The zero-order chi connectivity index (χ0) is 15.0. The molecule has 9 heteroatoms. The number of hydrogen-bond acceptors (Lipinski definition) is 4. The maximum atomic E-state index is 11.5. The smallest absolute Gasteiger partial charge is 0.326 e. The van der Waals surface area contributed by atoms with Crippen molar-refractivity contribution in [1.29, 1.82) is 0 Å². The summed E-state index contributed by atoms with van der Waals surface area (Å²) in [7, 11) is -1.06. The largest absolute Gasteiger partial charge is 0.480 e. The molecular weight excluding hydrogens is 274 g/mol. The normalized spacial score (nSPS) is 15.1. The Morgan fingerprint density at radius 3 is 2.32 bits per heavy atom. The van der Waals surface area contributed by atoms with E-state index in [0.29, 0.717) is 0 Å². The third-order valence-electron chi connectivity index (χ3n) is 2.15. The molecule has 0 bridgehead atoms. The lowest BCUT2D eigenvalue weighted by Gasteiger charge is -2.17. The topological polar surface area (TPSA) is 139 Å².